The van der Waals surface area contributed by atoms with Gasteiger partial charge in [-0.25, -0.2) is 9.38 Å². The lowest BCUT2D eigenvalue weighted by Gasteiger charge is -2.10. The SMILES string of the molecule is CC(N=C(N)Nc1ccccc1)c1cccc(F)c1. The number of nitrogens with two attached hydrogens (primary N) is 1. The first-order chi connectivity index (χ1) is 9.15. The normalized spacial score (nSPS) is 13.1. The second-order valence-corrected chi connectivity index (χ2v) is 4.24. The minimum Gasteiger partial charge on any atom is -0.370 e. The van der Waals surface area contributed by atoms with E-state index in [0.717, 1.165) is 11.3 Å². The molecule has 0 amide bonds. The van der Waals surface area contributed by atoms with Gasteiger partial charge in [0.2, 0.25) is 0 Å². The second kappa shape index (κ2) is 6.00. The third-order valence-corrected chi connectivity index (χ3v) is 2.71. The first-order valence-corrected chi connectivity index (χ1v) is 6.06. The molecule has 19 heavy (non-hydrogen) atoms. The number of anilines is 1. The van der Waals surface area contributed by atoms with Gasteiger partial charge in [0.25, 0.3) is 0 Å². The number of rotatable bonds is 3. The molecule has 3 N–H and O–H groups in total. The van der Waals surface area contributed by atoms with Crippen LogP contribution >= 0.6 is 0 Å². The molecule has 0 aromatic heterocycles. The molecular formula is C15H16FN3. The quantitative estimate of drug-likeness (QED) is 0.654. The largest absolute Gasteiger partial charge is 0.370 e. The molecule has 0 fully saturated rings. The van der Waals surface area contributed by atoms with Crippen LogP contribution in [0.1, 0.15) is 18.5 Å². The standard InChI is InChI=1S/C15H16FN3/c1-11(12-6-5-7-13(16)10-12)18-15(17)19-14-8-3-2-4-9-14/h2-11H,1H3,(H3,17,18,19). The van der Waals surface area contributed by atoms with Crippen LogP contribution in [0.3, 0.4) is 0 Å². The van der Waals surface area contributed by atoms with Crippen LogP contribution in [0.25, 0.3) is 0 Å². The summed E-state index contributed by atoms with van der Waals surface area (Å²) in [7, 11) is 0. The summed E-state index contributed by atoms with van der Waals surface area (Å²) in [6, 6.07) is 15.7. The van der Waals surface area contributed by atoms with Gasteiger partial charge in [-0.05, 0) is 36.8 Å². The lowest BCUT2D eigenvalue weighted by Crippen LogP contribution is -2.23. The number of hydrogen-bond donors (Lipinski definition) is 2. The molecule has 0 spiro atoms. The van der Waals surface area contributed by atoms with Crippen LogP contribution in [-0.4, -0.2) is 5.96 Å². The third kappa shape index (κ3) is 3.81. The summed E-state index contributed by atoms with van der Waals surface area (Å²) >= 11 is 0. The average molecular weight is 257 g/mol. The van der Waals surface area contributed by atoms with E-state index in [-0.39, 0.29) is 11.9 Å². The fourth-order valence-electron chi connectivity index (χ4n) is 1.75. The van der Waals surface area contributed by atoms with Gasteiger partial charge in [0, 0.05) is 5.69 Å². The Hall–Kier alpha value is -2.36. The predicted octanol–water partition coefficient (Wildman–Crippen LogP) is 3.31. The van der Waals surface area contributed by atoms with Gasteiger partial charge < -0.3 is 11.1 Å². The van der Waals surface area contributed by atoms with E-state index in [1.54, 1.807) is 6.07 Å². The van der Waals surface area contributed by atoms with E-state index in [9.17, 15) is 4.39 Å². The molecule has 98 valence electrons. The summed E-state index contributed by atoms with van der Waals surface area (Å²) in [6.07, 6.45) is 0. The first kappa shape index (κ1) is 13.1. The Bertz CT molecular complexity index is 567. The summed E-state index contributed by atoms with van der Waals surface area (Å²) in [5.74, 6) is 0.0390. The van der Waals surface area contributed by atoms with Crippen LogP contribution in [0.2, 0.25) is 0 Å². The lowest BCUT2D eigenvalue weighted by atomic mass is 10.1. The molecular weight excluding hydrogens is 241 g/mol. The number of guanidine groups is 1. The fourth-order valence-corrected chi connectivity index (χ4v) is 1.75. The smallest absolute Gasteiger partial charge is 0.193 e. The number of hydrogen-bond acceptors (Lipinski definition) is 1. The van der Waals surface area contributed by atoms with Crippen molar-refractivity contribution >= 4 is 11.6 Å². The van der Waals surface area contributed by atoms with Gasteiger partial charge in [-0.1, -0.05) is 30.3 Å². The van der Waals surface area contributed by atoms with E-state index in [1.807, 2.05) is 43.3 Å². The molecule has 0 heterocycles. The Kier molecular flexibility index (Phi) is 4.13. The topological polar surface area (TPSA) is 50.4 Å². The lowest BCUT2D eigenvalue weighted by molar-refractivity contribution is 0.622. The van der Waals surface area contributed by atoms with Gasteiger partial charge in [-0.2, -0.15) is 0 Å². The van der Waals surface area contributed by atoms with Crippen molar-refractivity contribution in [2.75, 3.05) is 5.32 Å². The number of benzene rings is 2. The molecule has 2 aromatic carbocycles. The van der Waals surface area contributed by atoms with E-state index < -0.39 is 0 Å². The molecule has 2 rings (SSSR count). The highest BCUT2D eigenvalue weighted by Crippen LogP contribution is 2.17. The zero-order valence-electron chi connectivity index (χ0n) is 10.7. The van der Waals surface area contributed by atoms with Crippen LogP contribution in [0.15, 0.2) is 59.6 Å². The van der Waals surface area contributed by atoms with E-state index in [2.05, 4.69) is 10.3 Å². The third-order valence-electron chi connectivity index (χ3n) is 2.71. The summed E-state index contributed by atoms with van der Waals surface area (Å²) in [6.45, 7) is 1.87. The molecule has 3 nitrogen and oxygen atoms in total. The van der Waals surface area contributed by atoms with Gasteiger partial charge >= 0.3 is 0 Å². The Morgan fingerprint density at radius 1 is 1.16 bits per heavy atom. The average Bonchev–Trinajstić information content (AvgIpc) is 2.39. The molecule has 0 bridgehead atoms. The van der Waals surface area contributed by atoms with Gasteiger partial charge in [0.15, 0.2) is 5.96 Å². The van der Waals surface area contributed by atoms with Crippen LogP contribution in [0.5, 0.6) is 0 Å². The van der Waals surface area contributed by atoms with Crippen molar-refractivity contribution in [1.82, 2.24) is 0 Å². The molecule has 0 radical (unpaired) electrons. The van der Waals surface area contributed by atoms with Crippen molar-refractivity contribution in [2.24, 2.45) is 10.7 Å². The fraction of sp³-hybridized carbons (Fsp3) is 0.133. The molecule has 4 heteroatoms. The van der Waals surface area contributed by atoms with Crippen molar-refractivity contribution in [1.29, 1.82) is 0 Å². The molecule has 2 aromatic rings. The maximum atomic E-state index is 13.1. The Morgan fingerprint density at radius 2 is 1.89 bits per heavy atom. The molecule has 1 unspecified atom stereocenters. The molecule has 0 aliphatic heterocycles. The van der Waals surface area contributed by atoms with E-state index in [1.165, 1.54) is 12.1 Å². The molecule has 0 aliphatic rings. The summed E-state index contributed by atoms with van der Waals surface area (Å²) in [4.78, 5) is 4.30. The van der Waals surface area contributed by atoms with Crippen molar-refractivity contribution < 1.29 is 4.39 Å². The molecule has 0 saturated heterocycles. The van der Waals surface area contributed by atoms with Crippen LogP contribution in [-0.2, 0) is 0 Å². The van der Waals surface area contributed by atoms with Gasteiger partial charge in [-0.15, -0.1) is 0 Å². The molecule has 0 aliphatic carbocycles. The van der Waals surface area contributed by atoms with Crippen LogP contribution in [0, 0.1) is 5.82 Å². The van der Waals surface area contributed by atoms with Gasteiger partial charge in [0.1, 0.15) is 5.82 Å². The van der Waals surface area contributed by atoms with Crippen LogP contribution in [0.4, 0.5) is 10.1 Å². The first-order valence-electron chi connectivity index (χ1n) is 6.06. The predicted molar refractivity (Wildman–Crippen MR) is 76.5 cm³/mol. The van der Waals surface area contributed by atoms with E-state index in [0.29, 0.717) is 5.96 Å². The van der Waals surface area contributed by atoms with Crippen molar-refractivity contribution in [3.63, 3.8) is 0 Å². The van der Waals surface area contributed by atoms with Crippen molar-refractivity contribution in [3.8, 4) is 0 Å². The Labute approximate surface area is 112 Å². The number of nitrogens with zero attached hydrogens (tertiary/aromatic N) is 1. The van der Waals surface area contributed by atoms with E-state index >= 15 is 0 Å². The minimum absolute atomic E-state index is 0.202. The Morgan fingerprint density at radius 3 is 2.58 bits per heavy atom. The number of para-hydroxylation sites is 1. The number of aliphatic imine (C=N–C) groups is 1. The molecule has 1 atom stereocenters. The maximum absolute atomic E-state index is 13.1. The zero-order valence-corrected chi connectivity index (χ0v) is 10.7. The maximum Gasteiger partial charge on any atom is 0.193 e. The number of nitrogens with one attached hydrogen (secondary N) is 1. The van der Waals surface area contributed by atoms with Crippen molar-refractivity contribution in [2.45, 2.75) is 13.0 Å². The van der Waals surface area contributed by atoms with Gasteiger partial charge in [-0.3, -0.25) is 0 Å². The minimum atomic E-state index is -0.269. The summed E-state index contributed by atoms with van der Waals surface area (Å²) < 4.78 is 13.1. The van der Waals surface area contributed by atoms with Crippen LogP contribution < -0.4 is 11.1 Å². The number of halogens is 1. The molecule has 0 saturated carbocycles. The monoisotopic (exact) mass is 257 g/mol. The summed E-state index contributed by atoms with van der Waals surface area (Å²) in [5.41, 5.74) is 7.49. The van der Waals surface area contributed by atoms with Gasteiger partial charge in [0.05, 0.1) is 6.04 Å². The highest BCUT2D eigenvalue weighted by molar-refractivity contribution is 5.92. The second-order valence-electron chi connectivity index (χ2n) is 4.24. The Balaban J connectivity index is 2.08. The van der Waals surface area contributed by atoms with E-state index in [4.69, 9.17) is 5.73 Å². The highest BCUT2D eigenvalue weighted by Gasteiger charge is 2.05. The highest BCUT2D eigenvalue weighted by atomic mass is 19.1. The van der Waals surface area contributed by atoms with Crippen molar-refractivity contribution in [3.05, 3.63) is 66.0 Å². The summed E-state index contributed by atoms with van der Waals surface area (Å²) in [5, 5.41) is 2.99. The zero-order chi connectivity index (χ0) is 13.7.